The highest BCUT2D eigenvalue weighted by atomic mass is 32.2. The van der Waals surface area contributed by atoms with Crippen molar-refractivity contribution in [1.29, 1.82) is 5.26 Å². The van der Waals surface area contributed by atoms with Crippen LogP contribution in [0.15, 0.2) is 0 Å². The standard InChI is InChI=1S/C10H16N2O4S/c1-9(2,3)16-8(13)12(7-17(14)15)10(4,5)6-11/h7H,1-5H3. The minimum atomic E-state index is -2.59. The Hall–Kier alpha value is -1.55. The molecule has 17 heavy (non-hydrogen) atoms. The number of nitriles is 1. The fourth-order valence-electron chi connectivity index (χ4n) is 0.854. The van der Waals surface area contributed by atoms with E-state index >= 15 is 0 Å². The molecular formula is C10H16N2O4S. The first-order valence-corrected chi connectivity index (χ1v) is 6.00. The molecule has 0 radical (unpaired) electrons. The van der Waals surface area contributed by atoms with E-state index in [0.29, 0.717) is 5.49 Å². The van der Waals surface area contributed by atoms with Gasteiger partial charge in [-0.25, -0.2) is 4.79 Å². The highest BCUT2D eigenvalue weighted by Crippen LogP contribution is 2.16. The average Bonchev–Trinajstić information content (AvgIpc) is 2.10. The largest absolute Gasteiger partial charge is 0.443 e. The van der Waals surface area contributed by atoms with Crippen molar-refractivity contribution >= 4 is 21.9 Å². The second-order valence-corrected chi connectivity index (χ2v) is 5.62. The maximum absolute atomic E-state index is 11.7. The number of amides is 1. The molecule has 0 bridgehead atoms. The molecule has 6 nitrogen and oxygen atoms in total. The lowest BCUT2D eigenvalue weighted by Gasteiger charge is -2.30. The molecule has 0 saturated heterocycles. The van der Waals surface area contributed by atoms with Gasteiger partial charge < -0.3 is 4.74 Å². The first kappa shape index (κ1) is 15.4. The van der Waals surface area contributed by atoms with Crippen molar-refractivity contribution in [3.8, 4) is 6.07 Å². The van der Waals surface area contributed by atoms with E-state index in [1.807, 2.05) is 6.07 Å². The Bertz CT molecular complexity index is 458. The average molecular weight is 260 g/mol. The molecule has 0 fully saturated rings. The van der Waals surface area contributed by atoms with Gasteiger partial charge in [-0.1, -0.05) is 0 Å². The summed E-state index contributed by atoms with van der Waals surface area (Å²) >= 11 is 0. The maximum atomic E-state index is 11.7. The molecule has 0 aliphatic rings. The lowest BCUT2D eigenvalue weighted by molar-refractivity contribution is 0.0297. The second-order valence-electron chi connectivity index (χ2n) is 4.89. The van der Waals surface area contributed by atoms with E-state index in [1.165, 1.54) is 13.8 Å². The molecule has 0 saturated carbocycles. The molecular weight excluding hydrogens is 244 g/mol. The van der Waals surface area contributed by atoms with E-state index in [4.69, 9.17) is 10.00 Å². The van der Waals surface area contributed by atoms with Crippen LogP contribution in [0.2, 0.25) is 0 Å². The van der Waals surface area contributed by atoms with Crippen LogP contribution in [0.5, 0.6) is 0 Å². The van der Waals surface area contributed by atoms with Gasteiger partial charge in [0.05, 0.1) is 6.07 Å². The summed E-state index contributed by atoms with van der Waals surface area (Å²) in [6, 6.07) is 1.83. The monoisotopic (exact) mass is 260 g/mol. The lowest BCUT2D eigenvalue weighted by atomic mass is 10.1. The lowest BCUT2D eigenvalue weighted by Crippen LogP contribution is -2.48. The van der Waals surface area contributed by atoms with Gasteiger partial charge in [-0.2, -0.15) is 13.7 Å². The third kappa shape index (κ3) is 5.36. The van der Waals surface area contributed by atoms with Gasteiger partial charge in [0.1, 0.15) is 16.6 Å². The van der Waals surface area contributed by atoms with Crippen LogP contribution in [0.4, 0.5) is 4.79 Å². The SMILES string of the molecule is CC(C)(C)OC(=O)N(C=S(=O)=O)C(C)(C)C#N. The van der Waals surface area contributed by atoms with Gasteiger partial charge in [-0.15, -0.1) is 0 Å². The summed E-state index contributed by atoms with van der Waals surface area (Å²) in [5, 5.41) is 8.90. The molecule has 0 aromatic heterocycles. The molecule has 0 aliphatic heterocycles. The Labute approximate surface area is 102 Å². The number of ether oxygens (including phenoxy) is 1. The second kappa shape index (κ2) is 5.19. The zero-order valence-corrected chi connectivity index (χ0v) is 11.3. The highest BCUT2D eigenvalue weighted by Gasteiger charge is 2.33. The molecule has 0 aromatic carbocycles. The number of hydrogen-bond donors (Lipinski definition) is 0. The number of nitrogens with zero attached hydrogens (tertiary/aromatic N) is 2. The van der Waals surface area contributed by atoms with Crippen LogP contribution < -0.4 is 0 Å². The summed E-state index contributed by atoms with van der Waals surface area (Å²) in [6.07, 6.45) is -0.881. The van der Waals surface area contributed by atoms with Crippen LogP contribution in [0.1, 0.15) is 34.6 Å². The predicted octanol–water partition coefficient (Wildman–Crippen LogP) is 1.16. The van der Waals surface area contributed by atoms with E-state index < -0.39 is 27.5 Å². The van der Waals surface area contributed by atoms with E-state index in [1.54, 1.807) is 20.8 Å². The predicted molar refractivity (Wildman–Crippen MR) is 62.7 cm³/mol. The van der Waals surface area contributed by atoms with E-state index in [9.17, 15) is 13.2 Å². The van der Waals surface area contributed by atoms with Gasteiger partial charge in [-0.3, -0.25) is 4.90 Å². The van der Waals surface area contributed by atoms with Crippen LogP contribution in [-0.4, -0.2) is 36.0 Å². The zero-order chi connectivity index (χ0) is 13.9. The van der Waals surface area contributed by atoms with Gasteiger partial charge in [0.25, 0.3) is 0 Å². The molecule has 0 rings (SSSR count). The molecule has 7 heteroatoms. The fraction of sp³-hybridized carbons (Fsp3) is 0.700. The van der Waals surface area contributed by atoms with Crippen LogP contribution in [-0.2, 0) is 15.0 Å². The van der Waals surface area contributed by atoms with Gasteiger partial charge in [-0.05, 0) is 34.6 Å². The molecule has 0 atom stereocenters. The minimum absolute atomic E-state index is 0.636. The van der Waals surface area contributed by atoms with Crippen molar-refractivity contribution in [2.75, 3.05) is 0 Å². The highest BCUT2D eigenvalue weighted by molar-refractivity contribution is 7.71. The third-order valence-electron chi connectivity index (χ3n) is 1.66. The van der Waals surface area contributed by atoms with Crippen molar-refractivity contribution < 1.29 is 17.9 Å². The number of hydrogen-bond acceptors (Lipinski definition) is 5. The molecule has 0 N–H and O–H groups in total. The molecule has 96 valence electrons. The summed E-state index contributed by atoms with van der Waals surface area (Å²) in [6.45, 7) is 7.78. The Morgan fingerprint density at radius 1 is 1.29 bits per heavy atom. The first-order chi connectivity index (χ1) is 7.49. The van der Waals surface area contributed by atoms with Crippen molar-refractivity contribution in [3.05, 3.63) is 0 Å². The summed E-state index contributed by atoms with van der Waals surface area (Å²) in [4.78, 5) is 12.5. The molecule has 0 spiro atoms. The normalized spacial score (nSPS) is 11.3. The molecule has 1 amide bonds. The Morgan fingerprint density at radius 3 is 2.06 bits per heavy atom. The third-order valence-corrected chi connectivity index (χ3v) is 2.04. The molecule has 0 aliphatic carbocycles. The van der Waals surface area contributed by atoms with E-state index in [2.05, 4.69) is 0 Å². The van der Waals surface area contributed by atoms with E-state index in [-0.39, 0.29) is 0 Å². The zero-order valence-electron chi connectivity index (χ0n) is 10.5. The van der Waals surface area contributed by atoms with Crippen molar-refractivity contribution in [3.63, 3.8) is 0 Å². The van der Waals surface area contributed by atoms with Gasteiger partial charge in [0, 0.05) is 0 Å². The minimum Gasteiger partial charge on any atom is -0.443 e. The van der Waals surface area contributed by atoms with Crippen molar-refractivity contribution in [1.82, 2.24) is 4.90 Å². The Balaban J connectivity index is 5.32. The summed E-state index contributed by atoms with van der Waals surface area (Å²) in [5.74, 6) is 0. The number of carbonyl (C=O) groups excluding carboxylic acids is 1. The van der Waals surface area contributed by atoms with Crippen LogP contribution in [0.3, 0.4) is 0 Å². The molecule has 0 aromatic rings. The number of rotatable bonds is 2. The number of carbonyl (C=O) groups is 1. The molecule has 0 unspecified atom stereocenters. The first-order valence-electron chi connectivity index (χ1n) is 4.86. The van der Waals surface area contributed by atoms with Crippen LogP contribution in [0, 0.1) is 11.3 Å². The quantitative estimate of drug-likeness (QED) is 0.695. The summed E-state index contributed by atoms with van der Waals surface area (Å²) in [5.41, 5.74) is -1.43. The Morgan fingerprint density at radius 2 is 1.76 bits per heavy atom. The molecule has 0 heterocycles. The van der Waals surface area contributed by atoms with Crippen LogP contribution in [0.25, 0.3) is 0 Å². The maximum Gasteiger partial charge on any atom is 0.416 e. The topological polar surface area (TPSA) is 87.5 Å². The fourth-order valence-corrected chi connectivity index (χ4v) is 1.38. The Kier molecular flexibility index (Phi) is 4.71. The van der Waals surface area contributed by atoms with Gasteiger partial charge >= 0.3 is 6.09 Å². The summed E-state index contributed by atoms with van der Waals surface area (Å²) in [7, 11) is -2.59. The van der Waals surface area contributed by atoms with Crippen LogP contribution >= 0.6 is 0 Å². The van der Waals surface area contributed by atoms with Crippen molar-refractivity contribution in [2.24, 2.45) is 0 Å². The summed E-state index contributed by atoms with van der Waals surface area (Å²) < 4.78 is 26.3. The van der Waals surface area contributed by atoms with Gasteiger partial charge in [0.15, 0.2) is 0 Å². The smallest absolute Gasteiger partial charge is 0.416 e. The van der Waals surface area contributed by atoms with E-state index in [0.717, 1.165) is 4.90 Å². The van der Waals surface area contributed by atoms with Gasteiger partial charge in [0.2, 0.25) is 10.3 Å². The van der Waals surface area contributed by atoms with Crippen molar-refractivity contribution in [2.45, 2.75) is 45.8 Å².